The number of carbonyl (C=O) groups is 1. The lowest BCUT2D eigenvalue weighted by atomic mass is 10.1. The Labute approximate surface area is 186 Å². The molecule has 31 heavy (non-hydrogen) atoms. The number of nitrogens with zero attached hydrogens (tertiary/aromatic N) is 2. The van der Waals surface area contributed by atoms with Crippen LogP contribution in [0.1, 0.15) is 16.0 Å². The van der Waals surface area contributed by atoms with Crippen LogP contribution >= 0.6 is 22.7 Å². The zero-order chi connectivity index (χ0) is 22.1. The number of sulfonamides is 1. The lowest BCUT2D eigenvalue weighted by molar-refractivity contribution is -0.113. The first kappa shape index (κ1) is 20.0. The number of anilines is 1. The number of rotatable bonds is 2. The number of carbonyl (C=O) groups excluding carboxylic acids is 1. The number of likely N-dealkylation sites (N-methyl/N-ethyl adjacent to an activating group) is 1. The Balaban J connectivity index is 1.60. The molecule has 7 nitrogen and oxygen atoms in total. The molecule has 0 saturated carbocycles. The highest BCUT2D eigenvalue weighted by atomic mass is 32.2. The van der Waals surface area contributed by atoms with Gasteiger partial charge < -0.3 is 5.11 Å². The summed E-state index contributed by atoms with van der Waals surface area (Å²) in [6.45, 7) is 3.99. The van der Waals surface area contributed by atoms with Crippen molar-refractivity contribution >= 4 is 69.8 Å². The number of aromatic nitrogens is 1. The summed E-state index contributed by atoms with van der Waals surface area (Å²) in [5, 5.41) is 14.4. The van der Waals surface area contributed by atoms with Gasteiger partial charge in [0, 0.05) is 17.1 Å². The second-order valence-corrected chi connectivity index (χ2v) is 11.3. The number of fused-ring (bicyclic) bond motifs is 4. The van der Waals surface area contributed by atoms with E-state index in [1.54, 1.807) is 24.3 Å². The number of nitrogens with one attached hydrogen (secondary N) is 1. The van der Waals surface area contributed by atoms with Gasteiger partial charge in [0.1, 0.15) is 4.90 Å². The molecule has 2 aromatic carbocycles. The second-order valence-electron chi connectivity index (χ2n) is 7.30. The lowest BCUT2D eigenvalue weighted by Gasteiger charge is -2.26. The van der Waals surface area contributed by atoms with E-state index in [-0.39, 0.29) is 21.2 Å². The largest absolute Gasteiger partial charge is 0.504 e. The summed E-state index contributed by atoms with van der Waals surface area (Å²) >= 11 is 2.43. The van der Waals surface area contributed by atoms with Crippen molar-refractivity contribution in [1.82, 2.24) is 9.29 Å². The minimum atomic E-state index is -4.01. The van der Waals surface area contributed by atoms with Crippen LogP contribution in [0.3, 0.4) is 0 Å². The van der Waals surface area contributed by atoms with Gasteiger partial charge in [-0.1, -0.05) is 29.5 Å². The topological polar surface area (TPSA) is 99.6 Å². The number of aliphatic hydroxyl groups excluding tert-OH is 1. The summed E-state index contributed by atoms with van der Waals surface area (Å²) in [5.74, 6) is -1.10. The summed E-state index contributed by atoms with van der Waals surface area (Å²) in [6.07, 6.45) is 0. The zero-order valence-electron chi connectivity index (χ0n) is 16.8. The molecule has 0 bridgehead atoms. The Morgan fingerprint density at radius 2 is 1.81 bits per heavy atom. The van der Waals surface area contributed by atoms with Crippen molar-refractivity contribution in [1.29, 1.82) is 0 Å². The molecule has 158 valence electrons. The Morgan fingerprint density at radius 1 is 1.10 bits per heavy atom. The molecule has 0 spiro atoms. The van der Waals surface area contributed by atoms with E-state index < -0.39 is 15.9 Å². The molecule has 1 aliphatic rings. The second kappa shape index (κ2) is 6.78. The third-order valence-corrected chi connectivity index (χ3v) is 9.45. The number of amides is 1. The fourth-order valence-electron chi connectivity index (χ4n) is 3.59. The quantitative estimate of drug-likeness (QED) is 0.444. The van der Waals surface area contributed by atoms with Crippen molar-refractivity contribution < 1.29 is 18.3 Å². The molecular formula is C21H17N3O4S3. The Bertz CT molecular complexity index is 1510. The molecule has 0 atom stereocenters. The molecular weight excluding hydrogens is 454 g/mol. The van der Waals surface area contributed by atoms with Crippen molar-refractivity contribution in [3.63, 3.8) is 0 Å². The summed E-state index contributed by atoms with van der Waals surface area (Å²) in [4.78, 5) is 17.7. The molecule has 0 radical (unpaired) electrons. The molecule has 1 aliphatic heterocycles. The monoisotopic (exact) mass is 471 g/mol. The van der Waals surface area contributed by atoms with Crippen LogP contribution in [-0.4, -0.2) is 35.8 Å². The van der Waals surface area contributed by atoms with Gasteiger partial charge in [-0.25, -0.2) is 13.4 Å². The van der Waals surface area contributed by atoms with Crippen LogP contribution in [0.4, 0.5) is 5.13 Å². The molecule has 4 aromatic rings. The molecule has 0 fully saturated rings. The summed E-state index contributed by atoms with van der Waals surface area (Å²) in [5.41, 5.74) is 2.62. The maximum Gasteiger partial charge on any atom is 0.278 e. The predicted molar refractivity (Wildman–Crippen MR) is 124 cm³/mol. The predicted octanol–water partition coefficient (Wildman–Crippen LogP) is 4.63. The van der Waals surface area contributed by atoms with Crippen LogP contribution in [-0.2, 0) is 14.8 Å². The molecule has 2 N–H and O–H groups in total. The molecule has 1 amide bonds. The summed E-state index contributed by atoms with van der Waals surface area (Å²) < 4.78 is 28.9. The van der Waals surface area contributed by atoms with Crippen LogP contribution in [0.5, 0.6) is 0 Å². The van der Waals surface area contributed by atoms with E-state index in [1.807, 2.05) is 26.0 Å². The van der Waals surface area contributed by atoms with Crippen molar-refractivity contribution in [3.05, 3.63) is 58.1 Å². The summed E-state index contributed by atoms with van der Waals surface area (Å²) in [6, 6.07) is 10.9. The van der Waals surface area contributed by atoms with Crippen molar-refractivity contribution in [2.24, 2.45) is 0 Å². The first-order valence-electron chi connectivity index (χ1n) is 9.31. The normalized spacial score (nSPS) is 15.5. The van der Waals surface area contributed by atoms with Gasteiger partial charge in [-0.2, -0.15) is 0 Å². The number of aliphatic hydroxyl groups is 1. The SMILES string of the molecule is Cc1cc2nc(NC(=O)C3=C(O)c4sc5ccccc5c4S(=O)(=O)N3C)sc2cc1C. The fraction of sp³-hybridized carbons (Fsp3) is 0.143. The van der Waals surface area contributed by atoms with Gasteiger partial charge in [0.15, 0.2) is 16.6 Å². The van der Waals surface area contributed by atoms with Gasteiger partial charge in [-0.3, -0.25) is 14.4 Å². The van der Waals surface area contributed by atoms with Gasteiger partial charge >= 0.3 is 0 Å². The zero-order valence-corrected chi connectivity index (χ0v) is 19.2. The third-order valence-electron chi connectivity index (χ3n) is 5.36. The number of hydrogen-bond donors (Lipinski definition) is 2. The molecule has 0 unspecified atom stereocenters. The van der Waals surface area contributed by atoms with E-state index in [0.717, 1.165) is 41.7 Å². The number of aryl methyl sites for hydroxylation is 2. The Hall–Kier alpha value is -2.95. The van der Waals surface area contributed by atoms with Crippen LogP contribution in [0.2, 0.25) is 0 Å². The smallest absolute Gasteiger partial charge is 0.278 e. The minimum absolute atomic E-state index is 0.0237. The standard InChI is InChI=1S/C21H17N3O4S3/c1-10-8-13-15(9-11(10)2)30-21(22-13)23-20(26)16-17(25)18-19(31(27,28)24(16)3)12-6-4-5-7-14(12)29-18/h4-9,25H,1-3H3,(H,22,23,26). The minimum Gasteiger partial charge on any atom is -0.504 e. The number of thiazole rings is 1. The van der Waals surface area contributed by atoms with E-state index in [9.17, 15) is 18.3 Å². The van der Waals surface area contributed by atoms with E-state index in [0.29, 0.717) is 10.5 Å². The van der Waals surface area contributed by atoms with Gasteiger partial charge in [0.2, 0.25) is 0 Å². The molecule has 10 heteroatoms. The van der Waals surface area contributed by atoms with Crippen LogP contribution in [0, 0.1) is 13.8 Å². The van der Waals surface area contributed by atoms with Gasteiger partial charge in [0.25, 0.3) is 15.9 Å². The molecule has 0 saturated heterocycles. The summed E-state index contributed by atoms with van der Waals surface area (Å²) in [7, 11) is -2.75. The van der Waals surface area contributed by atoms with Crippen molar-refractivity contribution in [2.75, 3.05) is 12.4 Å². The van der Waals surface area contributed by atoms with E-state index in [2.05, 4.69) is 10.3 Å². The number of thiophene rings is 1. The maximum atomic E-state index is 13.2. The number of hydrogen-bond acceptors (Lipinski definition) is 7. The molecule has 2 aromatic heterocycles. The lowest BCUT2D eigenvalue weighted by Crippen LogP contribution is -2.36. The highest BCUT2D eigenvalue weighted by Gasteiger charge is 2.41. The van der Waals surface area contributed by atoms with Gasteiger partial charge in [0.05, 0.1) is 15.1 Å². The maximum absolute atomic E-state index is 13.2. The van der Waals surface area contributed by atoms with Crippen molar-refractivity contribution in [2.45, 2.75) is 18.7 Å². The fourth-order valence-corrected chi connectivity index (χ4v) is 7.55. The average molecular weight is 472 g/mol. The first-order chi connectivity index (χ1) is 14.7. The van der Waals surface area contributed by atoms with Gasteiger partial charge in [-0.15, -0.1) is 11.3 Å². The first-order valence-corrected chi connectivity index (χ1v) is 12.4. The Morgan fingerprint density at radius 3 is 2.58 bits per heavy atom. The molecule has 5 rings (SSSR count). The van der Waals surface area contributed by atoms with Crippen LogP contribution in [0.15, 0.2) is 47.0 Å². The third kappa shape index (κ3) is 2.93. The van der Waals surface area contributed by atoms with Crippen LogP contribution < -0.4 is 5.32 Å². The van der Waals surface area contributed by atoms with Crippen molar-refractivity contribution in [3.8, 4) is 0 Å². The molecule has 3 heterocycles. The number of benzene rings is 2. The molecule has 0 aliphatic carbocycles. The van der Waals surface area contributed by atoms with E-state index >= 15 is 0 Å². The Kier molecular flexibility index (Phi) is 4.37. The van der Waals surface area contributed by atoms with E-state index in [4.69, 9.17) is 0 Å². The van der Waals surface area contributed by atoms with E-state index in [1.165, 1.54) is 18.4 Å². The van der Waals surface area contributed by atoms with Gasteiger partial charge in [-0.05, 0) is 43.2 Å². The highest BCUT2D eigenvalue weighted by Crippen LogP contribution is 2.44. The average Bonchev–Trinajstić information content (AvgIpc) is 3.28. The highest BCUT2D eigenvalue weighted by molar-refractivity contribution is 7.89. The van der Waals surface area contributed by atoms with Crippen LogP contribution in [0.25, 0.3) is 26.1 Å².